The molecule has 0 radical (unpaired) electrons. The summed E-state index contributed by atoms with van der Waals surface area (Å²) in [7, 11) is 1.59. The summed E-state index contributed by atoms with van der Waals surface area (Å²) in [6.07, 6.45) is 0. The van der Waals surface area contributed by atoms with Crippen LogP contribution >= 0.6 is 15.9 Å². The van der Waals surface area contributed by atoms with Crippen LogP contribution in [0.1, 0.15) is 0 Å². The molecule has 0 saturated carbocycles. The zero-order valence-corrected chi connectivity index (χ0v) is 12.6. The molecule has 2 N–H and O–H groups in total. The number of hydrogen-bond donors (Lipinski definition) is 2. The van der Waals surface area contributed by atoms with Gasteiger partial charge < -0.3 is 15.4 Å². The second kappa shape index (κ2) is 6.96. The first-order valence-corrected chi connectivity index (χ1v) is 6.90. The van der Waals surface area contributed by atoms with E-state index < -0.39 is 0 Å². The molecule has 2 aromatic carbocycles. The van der Waals surface area contributed by atoms with Gasteiger partial charge in [-0.05, 0) is 40.2 Å². The third-order valence-corrected chi connectivity index (χ3v) is 3.37. The number of para-hydroxylation sites is 1. The third kappa shape index (κ3) is 3.99. The Morgan fingerprint density at radius 2 is 1.95 bits per heavy atom. The number of methoxy groups -OCH3 is 1. The molecule has 2 rings (SSSR count). The van der Waals surface area contributed by atoms with Crippen molar-refractivity contribution in [3.05, 3.63) is 53.0 Å². The Bertz CT molecular complexity index is 588. The van der Waals surface area contributed by atoms with Crippen LogP contribution in [0.15, 0.2) is 53.0 Å². The molecule has 4 nitrogen and oxygen atoms in total. The first-order chi connectivity index (χ1) is 9.69. The highest BCUT2D eigenvalue weighted by Crippen LogP contribution is 2.26. The lowest BCUT2D eigenvalue weighted by atomic mass is 10.3. The van der Waals surface area contributed by atoms with Crippen LogP contribution in [-0.2, 0) is 4.79 Å². The number of anilines is 2. The second-order valence-corrected chi connectivity index (χ2v) is 4.97. The van der Waals surface area contributed by atoms with E-state index >= 15 is 0 Å². The fourth-order valence-corrected chi connectivity index (χ4v) is 2.01. The van der Waals surface area contributed by atoms with Gasteiger partial charge in [0, 0.05) is 16.2 Å². The molecule has 0 bridgehead atoms. The Kier molecular flexibility index (Phi) is 5.01. The van der Waals surface area contributed by atoms with E-state index in [1.54, 1.807) is 13.2 Å². The molecule has 0 aliphatic carbocycles. The Hall–Kier alpha value is -2.01. The lowest BCUT2D eigenvalue weighted by molar-refractivity contribution is -0.114. The van der Waals surface area contributed by atoms with Crippen molar-refractivity contribution in [3.8, 4) is 5.75 Å². The largest absolute Gasteiger partial charge is 0.497 e. The quantitative estimate of drug-likeness (QED) is 0.879. The SMILES string of the molecule is COc1ccc(Br)c(NC(=O)CNc2ccccc2)c1. The van der Waals surface area contributed by atoms with E-state index in [1.165, 1.54) is 0 Å². The van der Waals surface area contributed by atoms with Crippen LogP contribution < -0.4 is 15.4 Å². The number of nitrogens with one attached hydrogen (secondary N) is 2. The molecule has 1 amide bonds. The molecular formula is C15H15BrN2O2. The van der Waals surface area contributed by atoms with Crippen molar-refractivity contribution in [2.75, 3.05) is 24.3 Å². The van der Waals surface area contributed by atoms with Gasteiger partial charge in [0.1, 0.15) is 5.75 Å². The molecular weight excluding hydrogens is 320 g/mol. The minimum absolute atomic E-state index is 0.122. The van der Waals surface area contributed by atoms with Gasteiger partial charge in [-0.1, -0.05) is 18.2 Å². The van der Waals surface area contributed by atoms with E-state index in [1.807, 2.05) is 42.5 Å². The maximum Gasteiger partial charge on any atom is 0.243 e. The maximum atomic E-state index is 11.9. The number of rotatable bonds is 5. The number of hydrogen-bond acceptors (Lipinski definition) is 3. The summed E-state index contributed by atoms with van der Waals surface area (Å²) in [4.78, 5) is 11.9. The minimum Gasteiger partial charge on any atom is -0.497 e. The predicted molar refractivity (Wildman–Crippen MR) is 84.3 cm³/mol. The minimum atomic E-state index is -0.122. The van der Waals surface area contributed by atoms with Crippen molar-refractivity contribution in [3.63, 3.8) is 0 Å². The number of carbonyl (C=O) groups excluding carboxylic acids is 1. The highest BCUT2D eigenvalue weighted by Gasteiger charge is 2.06. The Morgan fingerprint density at radius 1 is 1.20 bits per heavy atom. The Balaban J connectivity index is 1.94. The number of amides is 1. The molecule has 0 saturated heterocycles. The smallest absolute Gasteiger partial charge is 0.243 e. The normalized spacial score (nSPS) is 9.90. The first kappa shape index (κ1) is 14.4. The molecule has 0 heterocycles. The summed E-state index contributed by atoms with van der Waals surface area (Å²) < 4.78 is 5.94. The summed E-state index contributed by atoms with van der Waals surface area (Å²) in [5.74, 6) is 0.572. The third-order valence-electron chi connectivity index (χ3n) is 2.67. The van der Waals surface area contributed by atoms with Crippen molar-refractivity contribution in [2.45, 2.75) is 0 Å². The molecule has 0 aliphatic rings. The number of carbonyl (C=O) groups is 1. The summed E-state index contributed by atoms with van der Waals surface area (Å²) >= 11 is 3.39. The standard InChI is InChI=1S/C15H15BrN2O2/c1-20-12-7-8-13(16)14(9-12)18-15(19)10-17-11-5-3-2-4-6-11/h2-9,17H,10H2,1H3,(H,18,19). The van der Waals surface area contributed by atoms with Crippen molar-refractivity contribution in [1.29, 1.82) is 0 Å². The molecule has 0 aromatic heterocycles. The van der Waals surface area contributed by atoms with Crippen LogP contribution in [0.5, 0.6) is 5.75 Å². The van der Waals surface area contributed by atoms with E-state index in [0.29, 0.717) is 11.4 Å². The van der Waals surface area contributed by atoms with Gasteiger partial charge in [-0.15, -0.1) is 0 Å². The molecule has 0 unspecified atom stereocenters. The summed E-state index contributed by atoms with van der Waals surface area (Å²) in [6.45, 7) is 0.202. The lowest BCUT2D eigenvalue weighted by Crippen LogP contribution is -2.21. The van der Waals surface area contributed by atoms with Crippen LogP contribution in [0.4, 0.5) is 11.4 Å². The second-order valence-electron chi connectivity index (χ2n) is 4.11. The van der Waals surface area contributed by atoms with Crippen LogP contribution in [0.25, 0.3) is 0 Å². The van der Waals surface area contributed by atoms with Crippen molar-refractivity contribution in [1.82, 2.24) is 0 Å². The summed E-state index contributed by atoms with van der Waals surface area (Å²) in [6, 6.07) is 15.0. The molecule has 2 aromatic rings. The summed E-state index contributed by atoms with van der Waals surface area (Å²) in [5.41, 5.74) is 1.59. The van der Waals surface area contributed by atoms with Crippen LogP contribution in [0.3, 0.4) is 0 Å². The Labute approximate surface area is 126 Å². The van der Waals surface area contributed by atoms with E-state index in [2.05, 4.69) is 26.6 Å². The molecule has 0 atom stereocenters. The topological polar surface area (TPSA) is 50.4 Å². The molecule has 0 fully saturated rings. The van der Waals surface area contributed by atoms with E-state index in [-0.39, 0.29) is 12.5 Å². The monoisotopic (exact) mass is 334 g/mol. The zero-order chi connectivity index (χ0) is 14.4. The van der Waals surface area contributed by atoms with Gasteiger partial charge in [-0.3, -0.25) is 4.79 Å². The van der Waals surface area contributed by atoms with Gasteiger partial charge in [-0.25, -0.2) is 0 Å². The highest BCUT2D eigenvalue weighted by molar-refractivity contribution is 9.10. The number of benzene rings is 2. The number of ether oxygens (including phenoxy) is 1. The molecule has 20 heavy (non-hydrogen) atoms. The molecule has 0 spiro atoms. The van der Waals surface area contributed by atoms with Crippen LogP contribution in [0.2, 0.25) is 0 Å². The summed E-state index contributed by atoms with van der Waals surface area (Å²) in [5, 5.41) is 5.88. The van der Waals surface area contributed by atoms with Crippen LogP contribution in [0, 0.1) is 0 Å². The average molecular weight is 335 g/mol. The van der Waals surface area contributed by atoms with Gasteiger partial charge in [0.05, 0.1) is 19.3 Å². The predicted octanol–water partition coefficient (Wildman–Crippen LogP) is 3.51. The van der Waals surface area contributed by atoms with Crippen molar-refractivity contribution in [2.24, 2.45) is 0 Å². The van der Waals surface area contributed by atoms with E-state index in [0.717, 1.165) is 10.2 Å². The maximum absolute atomic E-state index is 11.9. The molecule has 0 aliphatic heterocycles. The van der Waals surface area contributed by atoms with Crippen LogP contribution in [-0.4, -0.2) is 19.6 Å². The van der Waals surface area contributed by atoms with Gasteiger partial charge in [0.15, 0.2) is 0 Å². The van der Waals surface area contributed by atoms with Gasteiger partial charge in [-0.2, -0.15) is 0 Å². The molecule has 104 valence electrons. The highest BCUT2D eigenvalue weighted by atomic mass is 79.9. The van der Waals surface area contributed by atoms with Gasteiger partial charge in [0.2, 0.25) is 5.91 Å². The van der Waals surface area contributed by atoms with Gasteiger partial charge in [0.25, 0.3) is 0 Å². The van der Waals surface area contributed by atoms with Crippen molar-refractivity contribution < 1.29 is 9.53 Å². The fourth-order valence-electron chi connectivity index (χ4n) is 1.66. The fraction of sp³-hybridized carbons (Fsp3) is 0.133. The number of halogens is 1. The lowest BCUT2D eigenvalue weighted by Gasteiger charge is -2.10. The van der Waals surface area contributed by atoms with Gasteiger partial charge >= 0.3 is 0 Å². The Morgan fingerprint density at radius 3 is 2.65 bits per heavy atom. The van der Waals surface area contributed by atoms with Crippen molar-refractivity contribution >= 4 is 33.2 Å². The average Bonchev–Trinajstić information content (AvgIpc) is 2.48. The zero-order valence-electron chi connectivity index (χ0n) is 11.0. The van der Waals surface area contributed by atoms with E-state index in [9.17, 15) is 4.79 Å². The first-order valence-electron chi connectivity index (χ1n) is 6.11. The molecule has 5 heteroatoms. The van der Waals surface area contributed by atoms with E-state index in [4.69, 9.17) is 4.74 Å².